The van der Waals surface area contributed by atoms with Gasteiger partial charge in [0.2, 0.25) is 0 Å². The van der Waals surface area contributed by atoms with Gasteiger partial charge in [0.05, 0.1) is 7.11 Å². The number of pyridine rings is 1. The fourth-order valence-corrected chi connectivity index (χ4v) is 7.12. The molecule has 7 heteroatoms. The SMILES string of the molecule is COC(=O)[C@H](Cc1ccc(SC(C)C)cc1)NC(=O)c1cc2ccc(C(=O)c3ccc(C(C)(C)C)cc3)cc2c(CC2CCCC2)n1. The van der Waals surface area contributed by atoms with Crippen molar-refractivity contribution in [3.05, 3.63) is 106 Å². The zero-order chi connectivity index (χ0) is 33.7. The molecule has 1 atom stereocenters. The highest BCUT2D eigenvalue weighted by atomic mass is 32.2. The number of amides is 1. The molecule has 1 heterocycles. The Morgan fingerprint density at radius 2 is 1.57 bits per heavy atom. The second-order valence-electron chi connectivity index (χ2n) is 14.0. The summed E-state index contributed by atoms with van der Waals surface area (Å²) < 4.78 is 5.07. The van der Waals surface area contributed by atoms with E-state index in [1.165, 1.54) is 25.5 Å². The van der Waals surface area contributed by atoms with E-state index in [-0.39, 0.29) is 16.9 Å². The minimum absolute atomic E-state index is 0.00419. The van der Waals surface area contributed by atoms with Crippen LogP contribution in [0.5, 0.6) is 0 Å². The fourth-order valence-electron chi connectivity index (χ4n) is 6.29. The summed E-state index contributed by atoms with van der Waals surface area (Å²) in [5, 5.41) is 5.08. The summed E-state index contributed by atoms with van der Waals surface area (Å²) in [6.07, 6.45) is 5.66. The Balaban J connectivity index is 1.42. The van der Waals surface area contributed by atoms with Crippen LogP contribution in [0.2, 0.25) is 0 Å². The molecule has 0 unspecified atom stereocenters. The number of hydrogen-bond acceptors (Lipinski definition) is 6. The fraction of sp³-hybridized carbons (Fsp3) is 0.400. The Bertz CT molecular complexity index is 1730. The van der Waals surface area contributed by atoms with Crippen molar-refractivity contribution in [3.63, 3.8) is 0 Å². The van der Waals surface area contributed by atoms with Crippen molar-refractivity contribution in [3.8, 4) is 0 Å². The number of ether oxygens (including phenoxy) is 1. The van der Waals surface area contributed by atoms with E-state index in [9.17, 15) is 14.4 Å². The van der Waals surface area contributed by atoms with E-state index in [0.717, 1.165) is 46.2 Å². The lowest BCUT2D eigenvalue weighted by molar-refractivity contribution is -0.142. The minimum Gasteiger partial charge on any atom is -0.467 e. The number of rotatable bonds is 11. The monoisotopic (exact) mass is 650 g/mol. The molecule has 0 spiro atoms. The summed E-state index contributed by atoms with van der Waals surface area (Å²) in [6, 6.07) is 22.4. The second kappa shape index (κ2) is 14.8. The number of nitrogens with one attached hydrogen (secondary N) is 1. The highest BCUT2D eigenvalue weighted by molar-refractivity contribution is 7.99. The van der Waals surface area contributed by atoms with Gasteiger partial charge in [-0.15, -0.1) is 11.8 Å². The number of hydrogen-bond donors (Lipinski definition) is 1. The maximum absolute atomic E-state index is 13.7. The lowest BCUT2D eigenvalue weighted by Gasteiger charge is -2.19. The lowest BCUT2D eigenvalue weighted by Crippen LogP contribution is -2.43. The first-order valence-corrected chi connectivity index (χ1v) is 17.5. The average molecular weight is 651 g/mol. The van der Waals surface area contributed by atoms with Crippen LogP contribution in [0, 0.1) is 5.92 Å². The highest BCUT2D eigenvalue weighted by Gasteiger charge is 2.25. The van der Waals surface area contributed by atoms with E-state index in [2.05, 4.69) is 39.9 Å². The smallest absolute Gasteiger partial charge is 0.328 e. The van der Waals surface area contributed by atoms with E-state index < -0.39 is 17.9 Å². The van der Waals surface area contributed by atoms with Gasteiger partial charge in [0.25, 0.3) is 5.91 Å². The van der Waals surface area contributed by atoms with Crippen LogP contribution in [-0.4, -0.2) is 41.0 Å². The number of carbonyl (C=O) groups excluding carboxylic acids is 3. The first kappa shape index (κ1) is 34.4. The molecule has 1 aliphatic rings. The summed E-state index contributed by atoms with van der Waals surface area (Å²) in [6.45, 7) is 10.8. The maximum atomic E-state index is 13.7. The molecule has 3 aromatic carbocycles. The third kappa shape index (κ3) is 8.69. The molecular weight excluding hydrogens is 605 g/mol. The minimum atomic E-state index is -0.864. The van der Waals surface area contributed by atoms with Crippen molar-refractivity contribution in [1.82, 2.24) is 10.3 Å². The van der Waals surface area contributed by atoms with Crippen LogP contribution < -0.4 is 5.32 Å². The van der Waals surface area contributed by atoms with Gasteiger partial charge in [0.15, 0.2) is 5.78 Å². The Kier molecular flexibility index (Phi) is 10.9. The predicted molar refractivity (Wildman–Crippen MR) is 190 cm³/mol. The Labute approximate surface area is 283 Å². The van der Waals surface area contributed by atoms with Crippen molar-refractivity contribution < 1.29 is 19.1 Å². The van der Waals surface area contributed by atoms with Crippen LogP contribution in [0.3, 0.4) is 0 Å². The molecule has 6 nitrogen and oxygen atoms in total. The van der Waals surface area contributed by atoms with Gasteiger partial charge in [-0.05, 0) is 58.5 Å². The molecule has 1 aromatic heterocycles. The number of esters is 1. The van der Waals surface area contributed by atoms with Gasteiger partial charge in [0, 0.05) is 38.8 Å². The van der Waals surface area contributed by atoms with Crippen LogP contribution >= 0.6 is 11.8 Å². The van der Waals surface area contributed by atoms with E-state index in [1.54, 1.807) is 17.8 Å². The van der Waals surface area contributed by atoms with Crippen molar-refractivity contribution in [2.75, 3.05) is 7.11 Å². The van der Waals surface area contributed by atoms with Gasteiger partial charge in [-0.2, -0.15) is 0 Å². The predicted octanol–water partition coefficient (Wildman–Crippen LogP) is 8.51. The Morgan fingerprint density at radius 3 is 2.19 bits per heavy atom. The van der Waals surface area contributed by atoms with Crippen LogP contribution in [-0.2, 0) is 27.8 Å². The molecule has 0 aliphatic heterocycles. The van der Waals surface area contributed by atoms with Crippen molar-refractivity contribution in [2.24, 2.45) is 5.92 Å². The number of methoxy groups -OCH3 is 1. The molecule has 246 valence electrons. The summed E-state index contributed by atoms with van der Waals surface area (Å²) in [7, 11) is 1.33. The molecule has 1 saturated carbocycles. The van der Waals surface area contributed by atoms with Crippen molar-refractivity contribution >= 4 is 40.2 Å². The standard InChI is InChI=1S/C40H46N2O4S/c1-25(2)47-32-19-11-27(12-20-32)22-36(39(45)46-6)42-38(44)35-24-29-13-14-30(23-33(29)34(41-35)21-26-9-7-8-10-26)37(43)28-15-17-31(18-16-28)40(3,4)5/h11-20,23-26,36H,7-10,21-22H2,1-6H3,(H,42,44)/t36-/m0/s1. The van der Waals surface area contributed by atoms with Crippen LogP contribution in [0.1, 0.15) is 104 Å². The molecule has 4 aromatic rings. The van der Waals surface area contributed by atoms with Crippen molar-refractivity contribution in [2.45, 2.75) is 94.7 Å². The number of nitrogens with zero attached hydrogens (tertiary/aromatic N) is 1. The molecule has 47 heavy (non-hydrogen) atoms. The van der Waals surface area contributed by atoms with E-state index in [1.807, 2.05) is 66.7 Å². The summed E-state index contributed by atoms with van der Waals surface area (Å²) >= 11 is 1.77. The number of thioether (sulfide) groups is 1. The summed E-state index contributed by atoms with van der Waals surface area (Å²) in [5.41, 5.74) is 4.40. The zero-order valence-corrected chi connectivity index (χ0v) is 29.2. The van der Waals surface area contributed by atoms with E-state index >= 15 is 0 Å². The topological polar surface area (TPSA) is 85.4 Å². The van der Waals surface area contributed by atoms with Crippen molar-refractivity contribution in [1.29, 1.82) is 0 Å². The molecule has 5 rings (SSSR count). The largest absolute Gasteiger partial charge is 0.467 e. The third-order valence-electron chi connectivity index (χ3n) is 8.90. The molecule has 1 N–H and O–H groups in total. The Hall–Kier alpha value is -3.97. The number of aromatic nitrogens is 1. The number of benzene rings is 3. The molecule has 1 aliphatic carbocycles. The molecular formula is C40H46N2O4S. The molecule has 0 bridgehead atoms. The van der Waals surface area contributed by atoms with Gasteiger partial charge >= 0.3 is 5.97 Å². The third-order valence-corrected chi connectivity index (χ3v) is 9.92. The molecule has 0 saturated heterocycles. The van der Waals surface area contributed by atoms with Gasteiger partial charge in [-0.1, -0.05) is 109 Å². The summed E-state index contributed by atoms with van der Waals surface area (Å²) in [5.74, 6) is -0.503. The first-order chi connectivity index (χ1) is 22.4. The number of carbonyl (C=O) groups is 3. The highest BCUT2D eigenvalue weighted by Crippen LogP contribution is 2.31. The molecule has 1 amide bonds. The average Bonchev–Trinajstić information content (AvgIpc) is 3.57. The lowest BCUT2D eigenvalue weighted by atomic mass is 9.86. The van der Waals surface area contributed by atoms with Gasteiger partial charge in [-0.25, -0.2) is 9.78 Å². The van der Waals surface area contributed by atoms with E-state index in [0.29, 0.717) is 28.7 Å². The molecule has 1 fully saturated rings. The molecule has 0 radical (unpaired) electrons. The van der Waals surface area contributed by atoms with Gasteiger partial charge in [-0.3, -0.25) is 9.59 Å². The van der Waals surface area contributed by atoms with Crippen LogP contribution in [0.4, 0.5) is 0 Å². The quantitative estimate of drug-likeness (QED) is 0.0995. The maximum Gasteiger partial charge on any atom is 0.328 e. The second-order valence-corrected chi connectivity index (χ2v) is 15.6. The summed E-state index contributed by atoms with van der Waals surface area (Å²) in [4.78, 5) is 46.1. The van der Waals surface area contributed by atoms with Gasteiger partial charge < -0.3 is 10.1 Å². The van der Waals surface area contributed by atoms with Gasteiger partial charge in [0.1, 0.15) is 11.7 Å². The Morgan fingerprint density at radius 1 is 0.915 bits per heavy atom. The van der Waals surface area contributed by atoms with Crippen LogP contribution in [0.15, 0.2) is 77.7 Å². The zero-order valence-electron chi connectivity index (χ0n) is 28.4. The number of ketones is 1. The van der Waals surface area contributed by atoms with Crippen LogP contribution in [0.25, 0.3) is 10.8 Å². The van der Waals surface area contributed by atoms with E-state index in [4.69, 9.17) is 9.72 Å². The number of fused-ring (bicyclic) bond motifs is 1. The first-order valence-electron chi connectivity index (χ1n) is 16.6. The normalized spacial score (nSPS) is 14.4.